The largest absolute Gasteiger partial charge is 0.478 e. The molecule has 0 fully saturated rings. The summed E-state index contributed by atoms with van der Waals surface area (Å²) >= 11 is 0. The Labute approximate surface area is 190 Å². The molecule has 0 radical (unpaired) electrons. The van der Waals surface area contributed by atoms with Gasteiger partial charge in [0.1, 0.15) is 6.61 Å². The zero-order chi connectivity index (χ0) is 23.2. The van der Waals surface area contributed by atoms with E-state index in [4.69, 9.17) is 9.84 Å². The molecule has 0 aliphatic heterocycles. The number of fused-ring (bicyclic) bond motifs is 3. The number of hydrogen-bond acceptors (Lipinski definition) is 4. The maximum absolute atomic E-state index is 12.1. The Morgan fingerprint density at radius 1 is 0.879 bits per heavy atom. The van der Waals surface area contributed by atoms with Crippen molar-refractivity contribution in [1.29, 1.82) is 0 Å². The van der Waals surface area contributed by atoms with Crippen LogP contribution in [0.1, 0.15) is 27.4 Å². The van der Waals surface area contributed by atoms with Crippen molar-refractivity contribution in [2.24, 2.45) is 0 Å². The number of carboxylic acids is 1. The molecule has 0 heterocycles. The minimum Gasteiger partial charge on any atom is -0.478 e. The molecule has 0 spiro atoms. The molecule has 33 heavy (non-hydrogen) atoms. The van der Waals surface area contributed by atoms with E-state index in [0.29, 0.717) is 5.69 Å². The summed E-state index contributed by atoms with van der Waals surface area (Å²) in [6, 6.07) is 22.0. The molecule has 0 unspecified atom stereocenters. The molecule has 7 nitrogen and oxygen atoms in total. The highest BCUT2D eigenvalue weighted by Gasteiger charge is 2.28. The zero-order valence-electron chi connectivity index (χ0n) is 17.7. The molecular formula is C26H22N2O5. The van der Waals surface area contributed by atoms with Crippen molar-refractivity contribution < 1.29 is 24.2 Å². The first kappa shape index (κ1) is 21.8. The summed E-state index contributed by atoms with van der Waals surface area (Å²) in [6.45, 7) is 0.346. The van der Waals surface area contributed by atoms with Crippen LogP contribution in [0, 0.1) is 0 Å². The van der Waals surface area contributed by atoms with Crippen LogP contribution < -0.4 is 10.6 Å². The Bertz CT molecular complexity index is 1170. The van der Waals surface area contributed by atoms with E-state index in [-0.39, 0.29) is 24.6 Å². The fourth-order valence-corrected chi connectivity index (χ4v) is 3.84. The first-order chi connectivity index (χ1) is 16.0. The normalized spacial score (nSPS) is 12.1. The lowest BCUT2D eigenvalue weighted by molar-refractivity contribution is -0.111. The van der Waals surface area contributed by atoms with Gasteiger partial charge >= 0.3 is 12.1 Å². The van der Waals surface area contributed by atoms with E-state index in [1.807, 2.05) is 24.3 Å². The number of hydrogen-bond donors (Lipinski definition) is 3. The fraction of sp³-hybridized carbons (Fsp3) is 0.115. The molecule has 0 bridgehead atoms. The number of carbonyl (C=O) groups is 3. The van der Waals surface area contributed by atoms with E-state index < -0.39 is 18.0 Å². The molecule has 0 atom stereocenters. The second kappa shape index (κ2) is 9.82. The quantitative estimate of drug-likeness (QED) is 0.470. The SMILES string of the molecule is O=C(/C=C/CNC(=O)OCC1c2ccccc2-c2ccccc21)Nc1ccc(C(=O)O)cc1. The highest BCUT2D eigenvalue weighted by atomic mass is 16.5. The number of nitrogens with one attached hydrogen (secondary N) is 2. The molecule has 0 saturated carbocycles. The number of alkyl carbamates (subject to hydrolysis) is 1. The lowest BCUT2D eigenvalue weighted by Gasteiger charge is -2.14. The Morgan fingerprint density at radius 3 is 2.09 bits per heavy atom. The van der Waals surface area contributed by atoms with Crippen LogP contribution in [0.4, 0.5) is 10.5 Å². The number of aromatic carboxylic acids is 1. The Kier molecular flexibility index (Phi) is 6.50. The van der Waals surface area contributed by atoms with E-state index in [1.54, 1.807) is 0 Å². The van der Waals surface area contributed by atoms with E-state index in [9.17, 15) is 14.4 Å². The van der Waals surface area contributed by atoms with Crippen LogP contribution in [-0.4, -0.2) is 36.2 Å². The van der Waals surface area contributed by atoms with Crippen molar-refractivity contribution in [3.63, 3.8) is 0 Å². The highest BCUT2D eigenvalue weighted by molar-refractivity contribution is 5.99. The summed E-state index contributed by atoms with van der Waals surface area (Å²) in [6.07, 6.45) is 2.23. The third-order valence-electron chi connectivity index (χ3n) is 5.38. The van der Waals surface area contributed by atoms with Gasteiger partial charge in [0.25, 0.3) is 0 Å². The van der Waals surface area contributed by atoms with Crippen LogP contribution in [0.5, 0.6) is 0 Å². The van der Waals surface area contributed by atoms with Crippen molar-refractivity contribution in [3.8, 4) is 11.1 Å². The van der Waals surface area contributed by atoms with Crippen molar-refractivity contribution in [2.75, 3.05) is 18.5 Å². The summed E-state index contributed by atoms with van der Waals surface area (Å²) in [4.78, 5) is 34.9. The molecule has 1 aliphatic rings. The van der Waals surface area contributed by atoms with Gasteiger partial charge in [0.15, 0.2) is 0 Å². The summed E-state index contributed by atoms with van der Waals surface area (Å²) < 4.78 is 5.44. The smallest absolute Gasteiger partial charge is 0.407 e. The van der Waals surface area contributed by atoms with Crippen molar-refractivity contribution in [2.45, 2.75) is 5.92 Å². The minimum atomic E-state index is -1.04. The molecule has 0 aromatic heterocycles. The van der Waals surface area contributed by atoms with Gasteiger partial charge in [-0.05, 0) is 46.5 Å². The molecule has 166 valence electrons. The van der Waals surface area contributed by atoms with Crippen LogP contribution >= 0.6 is 0 Å². The monoisotopic (exact) mass is 442 g/mol. The van der Waals surface area contributed by atoms with E-state index in [0.717, 1.165) is 22.3 Å². The first-order valence-corrected chi connectivity index (χ1v) is 10.4. The average molecular weight is 442 g/mol. The predicted octanol–water partition coefficient (Wildman–Crippen LogP) is 4.42. The van der Waals surface area contributed by atoms with E-state index >= 15 is 0 Å². The maximum Gasteiger partial charge on any atom is 0.407 e. The first-order valence-electron chi connectivity index (χ1n) is 10.4. The van der Waals surface area contributed by atoms with Crippen LogP contribution in [0.3, 0.4) is 0 Å². The lowest BCUT2D eigenvalue weighted by atomic mass is 9.98. The van der Waals surface area contributed by atoms with Crippen LogP contribution in [0.25, 0.3) is 11.1 Å². The van der Waals surface area contributed by atoms with Crippen LogP contribution in [-0.2, 0) is 9.53 Å². The van der Waals surface area contributed by atoms with Gasteiger partial charge in [-0.15, -0.1) is 0 Å². The van der Waals surface area contributed by atoms with Gasteiger partial charge in [-0.2, -0.15) is 0 Å². The number of rotatable bonds is 7. The minimum absolute atomic E-state index is 0.0167. The van der Waals surface area contributed by atoms with Gasteiger partial charge in [0.2, 0.25) is 5.91 Å². The average Bonchev–Trinajstić information content (AvgIpc) is 3.14. The Balaban J connectivity index is 1.24. The lowest BCUT2D eigenvalue weighted by Crippen LogP contribution is -2.26. The molecule has 3 aromatic rings. The summed E-state index contributed by atoms with van der Waals surface area (Å²) in [7, 11) is 0. The molecular weight excluding hydrogens is 420 g/mol. The predicted molar refractivity (Wildman–Crippen MR) is 124 cm³/mol. The topological polar surface area (TPSA) is 105 Å². The standard InChI is InChI=1S/C26H22N2O5/c29-24(28-18-13-11-17(12-14-18)25(30)31)10-5-15-27-26(32)33-16-23-21-8-3-1-6-19(21)20-7-2-4-9-22(20)23/h1-14,23H,15-16H2,(H,27,32)(H,28,29)(H,30,31)/b10-5+. The second-order valence-electron chi connectivity index (χ2n) is 7.48. The van der Waals surface area contributed by atoms with E-state index in [1.165, 1.54) is 36.4 Å². The van der Waals surface area contributed by atoms with Crippen LogP contribution in [0.2, 0.25) is 0 Å². The molecule has 0 saturated heterocycles. The molecule has 3 N–H and O–H groups in total. The summed E-state index contributed by atoms with van der Waals surface area (Å²) in [5.74, 6) is -1.45. The van der Waals surface area contributed by atoms with Crippen molar-refractivity contribution in [1.82, 2.24) is 5.32 Å². The van der Waals surface area contributed by atoms with E-state index in [2.05, 4.69) is 34.9 Å². The van der Waals surface area contributed by atoms with Gasteiger partial charge in [0.05, 0.1) is 5.56 Å². The van der Waals surface area contributed by atoms with Gasteiger partial charge < -0.3 is 20.5 Å². The Morgan fingerprint density at radius 2 is 1.48 bits per heavy atom. The number of carbonyl (C=O) groups excluding carboxylic acids is 2. The van der Waals surface area contributed by atoms with Crippen LogP contribution in [0.15, 0.2) is 84.9 Å². The van der Waals surface area contributed by atoms with Gasteiger partial charge in [-0.1, -0.05) is 54.6 Å². The van der Waals surface area contributed by atoms with Gasteiger partial charge in [-0.25, -0.2) is 9.59 Å². The van der Waals surface area contributed by atoms with Crippen molar-refractivity contribution in [3.05, 3.63) is 102 Å². The van der Waals surface area contributed by atoms with Gasteiger partial charge in [0, 0.05) is 24.2 Å². The number of anilines is 1. The molecule has 4 rings (SSSR count). The Hall–Kier alpha value is -4.39. The number of ether oxygens (including phenoxy) is 1. The number of carboxylic acid groups (broad SMARTS) is 1. The summed E-state index contributed by atoms with van der Waals surface area (Å²) in [5, 5.41) is 14.1. The van der Waals surface area contributed by atoms with Gasteiger partial charge in [-0.3, -0.25) is 4.79 Å². The molecule has 3 aromatic carbocycles. The summed E-state index contributed by atoms with van der Waals surface area (Å²) in [5.41, 5.74) is 5.20. The zero-order valence-corrected chi connectivity index (χ0v) is 17.7. The van der Waals surface area contributed by atoms with Crippen molar-refractivity contribution >= 4 is 23.7 Å². The fourth-order valence-electron chi connectivity index (χ4n) is 3.84. The second-order valence-corrected chi connectivity index (χ2v) is 7.48. The highest BCUT2D eigenvalue weighted by Crippen LogP contribution is 2.44. The molecule has 7 heteroatoms. The maximum atomic E-state index is 12.1. The third-order valence-corrected chi connectivity index (χ3v) is 5.38. The number of amides is 2. The molecule has 2 amide bonds. The molecule has 1 aliphatic carbocycles. The number of benzene rings is 3. The third kappa shape index (κ3) is 5.10.